The zero-order valence-electron chi connectivity index (χ0n) is 15.3. The van der Waals surface area contributed by atoms with Gasteiger partial charge in [-0.3, -0.25) is 0 Å². The van der Waals surface area contributed by atoms with Crippen molar-refractivity contribution in [2.24, 2.45) is 0 Å². The van der Waals surface area contributed by atoms with Gasteiger partial charge in [0.1, 0.15) is 12.1 Å². The predicted molar refractivity (Wildman–Crippen MR) is 92.5 cm³/mol. The van der Waals surface area contributed by atoms with E-state index >= 15 is 0 Å². The number of unbranched alkanes of at least 4 members (excludes halogenated alkanes) is 8. The Hall–Kier alpha value is 0.400. The second kappa shape index (κ2) is 12.8. The largest absolute Gasteiger partial charge is 1.00 e. The first-order valence-electron chi connectivity index (χ1n) is 9.58. The molecule has 0 aliphatic heterocycles. The fourth-order valence-electron chi connectivity index (χ4n) is 3.90. The average molecular weight is 378 g/mol. The molecular weight excluding hydrogens is 338 g/mol. The van der Waals surface area contributed by atoms with Crippen molar-refractivity contribution in [3.63, 3.8) is 0 Å². The van der Waals surface area contributed by atoms with E-state index in [1.807, 2.05) is 0 Å². The maximum Gasteiger partial charge on any atom is 0.115 e. The number of hydrogen-bond acceptors (Lipinski definition) is 1. The van der Waals surface area contributed by atoms with E-state index in [9.17, 15) is 5.11 Å². The van der Waals surface area contributed by atoms with Crippen molar-refractivity contribution in [2.75, 3.05) is 20.6 Å². The summed E-state index contributed by atoms with van der Waals surface area (Å²) in [7, 11) is 4.65. The van der Waals surface area contributed by atoms with Crippen molar-refractivity contribution in [2.45, 2.75) is 103 Å². The third-order valence-corrected chi connectivity index (χ3v) is 5.43. The van der Waals surface area contributed by atoms with Crippen LogP contribution in [0.2, 0.25) is 0 Å². The van der Waals surface area contributed by atoms with Crippen molar-refractivity contribution in [1.82, 2.24) is 0 Å². The Bertz CT molecular complexity index is 258. The summed E-state index contributed by atoms with van der Waals surface area (Å²) in [5.74, 6) is 0. The summed E-state index contributed by atoms with van der Waals surface area (Å²) in [4.78, 5) is 0. The molecule has 2 atom stereocenters. The molecular formula is C19H40BrNO. The van der Waals surface area contributed by atoms with E-state index in [-0.39, 0.29) is 23.1 Å². The first kappa shape index (κ1) is 22.4. The van der Waals surface area contributed by atoms with Crippen LogP contribution in [0.3, 0.4) is 0 Å². The molecule has 1 N–H and O–H groups in total. The quantitative estimate of drug-likeness (QED) is 0.430. The number of halogens is 1. The number of rotatable bonds is 11. The van der Waals surface area contributed by atoms with Gasteiger partial charge in [-0.05, 0) is 25.7 Å². The summed E-state index contributed by atoms with van der Waals surface area (Å²) in [6.45, 7) is 3.51. The van der Waals surface area contributed by atoms with Gasteiger partial charge in [0, 0.05) is 6.42 Å². The molecule has 0 bridgehead atoms. The van der Waals surface area contributed by atoms with E-state index in [1.54, 1.807) is 0 Å². The SMILES string of the molecule is CCCCCCCCCCC[N+](C)(C)C1CCCCC1O.[Br-]. The van der Waals surface area contributed by atoms with Crippen LogP contribution in [0, 0.1) is 0 Å². The van der Waals surface area contributed by atoms with Crippen LogP contribution < -0.4 is 17.0 Å². The Morgan fingerprint density at radius 2 is 1.32 bits per heavy atom. The summed E-state index contributed by atoms with van der Waals surface area (Å²) in [5, 5.41) is 10.2. The van der Waals surface area contributed by atoms with Crippen LogP contribution in [0.15, 0.2) is 0 Å². The molecule has 1 fully saturated rings. The lowest BCUT2D eigenvalue weighted by atomic mass is 9.90. The molecule has 0 radical (unpaired) electrons. The fourth-order valence-corrected chi connectivity index (χ4v) is 3.90. The molecule has 0 aromatic rings. The number of nitrogens with zero attached hydrogens (tertiary/aromatic N) is 1. The minimum Gasteiger partial charge on any atom is -1.00 e. The zero-order valence-corrected chi connectivity index (χ0v) is 16.9. The maximum absolute atomic E-state index is 10.2. The lowest BCUT2D eigenvalue weighted by Gasteiger charge is -2.42. The fraction of sp³-hybridized carbons (Fsp3) is 1.00. The summed E-state index contributed by atoms with van der Waals surface area (Å²) in [5.41, 5.74) is 0. The van der Waals surface area contributed by atoms with Gasteiger partial charge in [0.05, 0.1) is 20.6 Å². The molecule has 2 nitrogen and oxygen atoms in total. The van der Waals surface area contributed by atoms with Crippen LogP contribution in [0.5, 0.6) is 0 Å². The molecule has 0 aromatic carbocycles. The molecule has 0 spiro atoms. The highest BCUT2D eigenvalue weighted by Gasteiger charge is 2.35. The Balaban J connectivity index is 0.00000441. The van der Waals surface area contributed by atoms with Crippen LogP contribution >= 0.6 is 0 Å². The van der Waals surface area contributed by atoms with Gasteiger partial charge >= 0.3 is 0 Å². The molecule has 0 saturated heterocycles. The zero-order chi connectivity index (χ0) is 15.6. The van der Waals surface area contributed by atoms with E-state index in [4.69, 9.17) is 0 Å². The average Bonchev–Trinajstić information content (AvgIpc) is 2.46. The maximum atomic E-state index is 10.2. The standard InChI is InChI=1S/C19H40NO.BrH/c1-4-5-6-7-8-9-10-11-14-17-20(2,3)18-15-12-13-16-19(18)21;/h18-19,21H,4-17H2,1-3H3;1H/q+1;/p-1. The van der Waals surface area contributed by atoms with E-state index in [1.165, 1.54) is 83.6 Å². The van der Waals surface area contributed by atoms with Crippen LogP contribution in [0.1, 0.15) is 90.4 Å². The third kappa shape index (κ3) is 8.88. The Labute approximate surface area is 150 Å². The lowest BCUT2D eigenvalue weighted by Crippen LogP contribution is -3.00. The normalized spacial score (nSPS) is 22.4. The van der Waals surface area contributed by atoms with Crippen molar-refractivity contribution in [3.8, 4) is 0 Å². The highest BCUT2D eigenvalue weighted by atomic mass is 79.9. The highest BCUT2D eigenvalue weighted by Crippen LogP contribution is 2.26. The Morgan fingerprint density at radius 3 is 1.86 bits per heavy atom. The summed E-state index contributed by atoms with van der Waals surface area (Å²) in [6.07, 6.45) is 17.3. The molecule has 1 rings (SSSR count). The van der Waals surface area contributed by atoms with E-state index in [0.29, 0.717) is 6.04 Å². The number of hydrogen-bond donors (Lipinski definition) is 1. The first-order valence-corrected chi connectivity index (χ1v) is 9.58. The third-order valence-electron chi connectivity index (χ3n) is 5.43. The predicted octanol–water partition coefficient (Wildman–Crippen LogP) is 1.90. The van der Waals surface area contributed by atoms with Crippen LogP contribution in [0.4, 0.5) is 0 Å². The van der Waals surface area contributed by atoms with Crippen LogP contribution in [-0.2, 0) is 0 Å². The number of quaternary nitrogens is 1. The number of aliphatic hydroxyl groups excluding tert-OH is 1. The second-order valence-corrected chi connectivity index (χ2v) is 7.75. The topological polar surface area (TPSA) is 20.2 Å². The Morgan fingerprint density at radius 1 is 0.818 bits per heavy atom. The van der Waals surface area contributed by atoms with Gasteiger partial charge in [-0.25, -0.2) is 0 Å². The van der Waals surface area contributed by atoms with Gasteiger partial charge in [0.2, 0.25) is 0 Å². The van der Waals surface area contributed by atoms with E-state index in [0.717, 1.165) is 10.9 Å². The molecule has 22 heavy (non-hydrogen) atoms. The minimum atomic E-state index is -0.0627. The van der Waals surface area contributed by atoms with Crippen LogP contribution in [0.25, 0.3) is 0 Å². The molecule has 3 heteroatoms. The number of likely N-dealkylation sites (N-methyl/N-ethyl adjacent to an activating group) is 1. The smallest absolute Gasteiger partial charge is 0.115 e. The lowest BCUT2D eigenvalue weighted by molar-refractivity contribution is -0.920. The van der Waals surface area contributed by atoms with E-state index < -0.39 is 0 Å². The molecule has 134 valence electrons. The summed E-state index contributed by atoms with van der Waals surface area (Å²) >= 11 is 0. The van der Waals surface area contributed by atoms with Gasteiger partial charge in [-0.2, -0.15) is 0 Å². The van der Waals surface area contributed by atoms with Crippen molar-refractivity contribution in [1.29, 1.82) is 0 Å². The van der Waals surface area contributed by atoms with Crippen LogP contribution in [-0.4, -0.2) is 42.4 Å². The summed E-state index contributed by atoms with van der Waals surface area (Å²) in [6, 6.07) is 0.479. The summed E-state index contributed by atoms with van der Waals surface area (Å²) < 4.78 is 1.03. The molecule has 0 heterocycles. The van der Waals surface area contributed by atoms with Crippen molar-refractivity contribution < 1.29 is 26.6 Å². The van der Waals surface area contributed by atoms with Gasteiger partial charge in [-0.1, -0.05) is 58.3 Å². The monoisotopic (exact) mass is 377 g/mol. The molecule has 0 aromatic heterocycles. The highest BCUT2D eigenvalue weighted by molar-refractivity contribution is 4.75. The van der Waals surface area contributed by atoms with Gasteiger partial charge in [-0.15, -0.1) is 0 Å². The van der Waals surface area contributed by atoms with Crippen molar-refractivity contribution >= 4 is 0 Å². The molecule has 1 saturated carbocycles. The van der Waals surface area contributed by atoms with Crippen molar-refractivity contribution in [3.05, 3.63) is 0 Å². The minimum absolute atomic E-state index is 0. The van der Waals surface area contributed by atoms with E-state index in [2.05, 4.69) is 21.0 Å². The molecule has 1 aliphatic carbocycles. The number of aliphatic hydroxyl groups is 1. The van der Waals surface area contributed by atoms with Gasteiger partial charge < -0.3 is 26.6 Å². The van der Waals surface area contributed by atoms with Gasteiger partial charge in [0.15, 0.2) is 0 Å². The second-order valence-electron chi connectivity index (χ2n) is 7.75. The van der Waals surface area contributed by atoms with Gasteiger partial charge in [0.25, 0.3) is 0 Å². The first-order chi connectivity index (χ1) is 10.1. The Kier molecular flexibility index (Phi) is 13.0. The molecule has 1 aliphatic rings. The molecule has 0 amide bonds. The molecule has 2 unspecified atom stereocenters.